The topological polar surface area (TPSA) is 70.6 Å². The molecule has 7 heteroatoms. The molecule has 0 spiro atoms. The normalized spacial score (nSPS) is 19.3. The van der Waals surface area contributed by atoms with Gasteiger partial charge in [-0.05, 0) is 67.6 Å². The van der Waals surface area contributed by atoms with Crippen molar-refractivity contribution in [3.63, 3.8) is 0 Å². The van der Waals surface area contributed by atoms with Gasteiger partial charge >= 0.3 is 0 Å². The van der Waals surface area contributed by atoms with Crippen molar-refractivity contribution in [1.29, 1.82) is 0 Å². The number of amides is 1. The minimum atomic E-state index is -0.0153. The Hall–Kier alpha value is -3.29. The molecule has 2 aliphatic rings. The van der Waals surface area contributed by atoms with Crippen molar-refractivity contribution in [3.8, 4) is 11.1 Å². The number of rotatable bonds is 6. The molecule has 2 saturated heterocycles. The molecule has 188 valence electrons. The first-order valence-corrected chi connectivity index (χ1v) is 12.9. The van der Waals surface area contributed by atoms with Crippen LogP contribution < -0.4 is 10.2 Å². The van der Waals surface area contributed by atoms with E-state index >= 15 is 0 Å². The Bertz CT molecular complexity index is 1160. The van der Waals surface area contributed by atoms with Crippen LogP contribution in [0.25, 0.3) is 11.1 Å². The molecule has 1 N–H and O–H groups in total. The lowest BCUT2D eigenvalue weighted by molar-refractivity contribution is -0.0212. The largest absolute Gasteiger partial charge is 0.376 e. The SMILES string of the molecule is Cc1ccc(C(=O)NC2CCN(c3ccc(CN4CCOC(C)C4)cn3)CC2)cc1-c1cccnc1. The van der Waals surface area contributed by atoms with Crippen LogP contribution in [0, 0.1) is 6.92 Å². The Labute approximate surface area is 213 Å². The predicted molar refractivity (Wildman–Crippen MR) is 142 cm³/mol. The maximum atomic E-state index is 13.0. The number of hydrogen-bond acceptors (Lipinski definition) is 6. The number of ether oxygens (including phenoxy) is 1. The summed E-state index contributed by atoms with van der Waals surface area (Å²) in [4.78, 5) is 26.7. The van der Waals surface area contributed by atoms with E-state index < -0.39 is 0 Å². The lowest BCUT2D eigenvalue weighted by atomic mass is 9.98. The van der Waals surface area contributed by atoms with Crippen molar-refractivity contribution in [1.82, 2.24) is 20.2 Å². The molecule has 5 rings (SSSR count). The molecule has 7 nitrogen and oxygen atoms in total. The molecule has 1 unspecified atom stereocenters. The van der Waals surface area contributed by atoms with Crippen LogP contribution in [0.5, 0.6) is 0 Å². The minimum absolute atomic E-state index is 0.0153. The van der Waals surface area contributed by atoms with E-state index in [0.29, 0.717) is 11.7 Å². The van der Waals surface area contributed by atoms with Crippen molar-refractivity contribution in [3.05, 3.63) is 77.7 Å². The number of carbonyl (C=O) groups is 1. The average molecular weight is 486 g/mol. The van der Waals surface area contributed by atoms with Gasteiger partial charge in [0.1, 0.15) is 5.82 Å². The fourth-order valence-corrected chi connectivity index (χ4v) is 5.11. The molecule has 2 aromatic heterocycles. The van der Waals surface area contributed by atoms with Crippen LogP contribution in [-0.4, -0.2) is 65.7 Å². The summed E-state index contributed by atoms with van der Waals surface area (Å²) in [6.07, 6.45) is 7.70. The molecule has 2 aliphatic heterocycles. The smallest absolute Gasteiger partial charge is 0.251 e. The summed E-state index contributed by atoms with van der Waals surface area (Å²) in [5.41, 5.74) is 5.12. The first-order chi connectivity index (χ1) is 17.5. The van der Waals surface area contributed by atoms with Gasteiger partial charge in [-0.3, -0.25) is 14.7 Å². The molecule has 36 heavy (non-hydrogen) atoms. The fraction of sp³-hybridized carbons (Fsp3) is 0.414. The Morgan fingerprint density at radius 3 is 2.69 bits per heavy atom. The monoisotopic (exact) mass is 485 g/mol. The maximum absolute atomic E-state index is 13.0. The quantitative estimate of drug-likeness (QED) is 0.568. The zero-order chi connectivity index (χ0) is 24.9. The Balaban J connectivity index is 1.14. The third-order valence-electron chi connectivity index (χ3n) is 7.17. The summed E-state index contributed by atoms with van der Waals surface area (Å²) in [5, 5.41) is 3.25. The van der Waals surface area contributed by atoms with E-state index in [1.807, 2.05) is 42.7 Å². The van der Waals surface area contributed by atoms with Gasteiger partial charge in [0.15, 0.2) is 0 Å². The highest BCUT2D eigenvalue weighted by atomic mass is 16.5. The molecule has 4 heterocycles. The van der Waals surface area contributed by atoms with E-state index in [0.717, 1.165) is 74.7 Å². The first kappa shape index (κ1) is 24.4. The van der Waals surface area contributed by atoms with Crippen molar-refractivity contribution in [2.75, 3.05) is 37.7 Å². The summed E-state index contributed by atoms with van der Waals surface area (Å²) in [6.45, 7) is 9.60. The molecule has 3 aromatic rings. The number of nitrogens with one attached hydrogen (secondary N) is 1. The molecule has 0 radical (unpaired) electrons. The van der Waals surface area contributed by atoms with Gasteiger partial charge in [0.05, 0.1) is 12.7 Å². The summed E-state index contributed by atoms with van der Waals surface area (Å²) in [7, 11) is 0. The van der Waals surface area contributed by atoms with Gasteiger partial charge in [-0.2, -0.15) is 0 Å². The number of benzene rings is 1. The molecule has 1 aromatic carbocycles. The van der Waals surface area contributed by atoms with Crippen LogP contribution in [0.2, 0.25) is 0 Å². The number of hydrogen-bond donors (Lipinski definition) is 1. The van der Waals surface area contributed by atoms with Crippen LogP contribution >= 0.6 is 0 Å². The number of carbonyl (C=O) groups excluding carboxylic acids is 1. The van der Waals surface area contributed by atoms with E-state index in [9.17, 15) is 4.79 Å². The lowest BCUT2D eigenvalue weighted by Crippen LogP contribution is -2.45. The highest BCUT2D eigenvalue weighted by molar-refractivity contribution is 5.96. The van der Waals surface area contributed by atoms with Crippen LogP contribution in [0.1, 0.15) is 41.3 Å². The van der Waals surface area contributed by atoms with Gasteiger partial charge in [0.2, 0.25) is 0 Å². The second kappa shape index (κ2) is 11.2. The molecule has 0 bridgehead atoms. The van der Waals surface area contributed by atoms with E-state index in [1.54, 1.807) is 6.20 Å². The van der Waals surface area contributed by atoms with Gasteiger partial charge in [0.25, 0.3) is 5.91 Å². The van der Waals surface area contributed by atoms with E-state index in [4.69, 9.17) is 9.72 Å². The second-order valence-corrected chi connectivity index (χ2v) is 9.95. The van der Waals surface area contributed by atoms with Gasteiger partial charge in [-0.1, -0.05) is 18.2 Å². The molecular weight excluding hydrogens is 450 g/mol. The number of anilines is 1. The molecule has 2 fully saturated rings. The number of pyridine rings is 2. The second-order valence-electron chi connectivity index (χ2n) is 9.95. The van der Waals surface area contributed by atoms with Crippen molar-refractivity contribution in [2.45, 2.75) is 45.4 Å². The van der Waals surface area contributed by atoms with Crippen LogP contribution in [0.4, 0.5) is 5.82 Å². The molecule has 0 saturated carbocycles. The Morgan fingerprint density at radius 2 is 1.97 bits per heavy atom. The maximum Gasteiger partial charge on any atom is 0.251 e. The van der Waals surface area contributed by atoms with Crippen molar-refractivity contribution in [2.24, 2.45) is 0 Å². The first-order valence-electron chi connectivity index (χ1n) is 12.9. The minimum Gasteiger partial charge on any atom is -0.376 e. The summed E-state index contributed by atoms with van der Waals surface area (Å²) in [5.74, 6) is 0.997. The highest BCUT2D eigenvalue weighted by Crippen LogP contribution is 2.24. The van der Waals surface area contributed by atoms with E-state index in [1.165, 1.54) is 5.56 Å². The van der Waals surface area contributed by atoms with Crippen LogP contribution in [-0.2, 0) is 11.3 Å². The Kier molecular flexibility index (Phi) is 7.58. The zero-order valence-electron chi connectivity index (χ0n) is 21.2. The molecule has 1 atom stereocenters. The van der Waals surface area contributed by atoms with Crippen LogP contribution in [0.3, 0.4) is 0 Å². The van der Waals surface area contributed by atoms with E-state index in [-0.39, 0.29) is 11.9 Å². The van der Waals surface area contributed by atoms with E-state index in [2.05, 4.69) is 46.1 Å². The predicted octanol–water partition coefficient (Wildman–Crippen LogP) is 4.07. The van der Waals surface area contributed by atoms with Crippen molar-refractivity contribution >= 4 is 11.7 Å². The van der Waals surface area contributed by atoms with Gasteiger partial charge in [0, 0.05) is 68.5 Å². The fourth-order valence-electron chi connectivity index (χ4n) is 5.11. The number of nitrogens with zero attached hydrogens (tertiary/aromatic N) is 4. The van der Waals surface area contributed by atoms with Gasteiger partial charge < -0.3 is 15.0 Å². The molecule has 1 amide bonds. The number of aryl methyl sites for hydroxylation is 1. The number of piperidine rings is 1. The summed E-state index contributed by atoms with van der Waals surface area (Å²) >= 11 is 0. The lowest BCUT2D eigenvalue weighted by Gasteiger charge is -2.33. The standard InChI is InChI=1S/C29H35N5O2/c1-21-5-7-24(16-27(21)25-4-3-11-30-18-25)29(35)32-26-9-12-34(13-10-26)28-8-6-23(17-31-28)20-33-14-15-36-22(2)19-33/h3-8,11,16-18,22,26H,9-10,12-15,19-20H2,1-2H3,(H,32,35). The van der Waals surface area contributed by atoms with Crippen molar-refractivity contribution < 1.29 is 9.53 Å². The number of aromatic nitrogens is 2. The summed E-state index contributed by atoms with van der Waals surface area (Å²) < 4.78 is 5.64. The highest BCUT2D eigenvalue weighted by Gasteiger charge is 2.23. The van der Waals surface area contributed by atoms with Gasteiger partial charge in [-0.25, -0.2) is 4.98 Å². The number of morpholine rings is 1. The van der Waals surface area contributed by atoms with Gasteiger partial charge in [-0.15, -0.1) is 0 Å². The molecule has 0 aliphatic carbocycles. The molecular formula is C29H35N5O2. The average Bonchev–Trinajstić information content (AvgIpc) is 2.90. The third kappa shape index (κ3) is 5.91. The zero-order valence-corrected chi connectivity index (χ0v) is 21.2. The summed E-state index contributed by atoms with van der Waals surface area (Å²) in [6, 6.07) is 14.3. The third-order valence-corrected chi connectivity index (χ3v) is 7.17. The van der Waals surface area contributed by atoms with Crippen LogP contribution in [0.15, 0.2) is 61.1 Å². The Morgan fingerprint density at radius 1 is 1.11 bits per heavy atom.